The van der Waals surface area contributed by atoms with Crippen LogP contribution >= 0.6 is 34.8 Å². The van der Waals surface area contributed by atoms with Gasteiger partial charge in [0.25, 0.3) is 0 Å². The molecule has 1 N–H and O–H groups in total. The molecule has 8 heteroatoms. The summed E-state index contributed by atoms with van der Waals surface area (Å²) in [6, 6.07) is 11.9. The maximum atomic E-state index is 12.4. The van der Waals surface area contributed by atoms with Crippen LogP contribution in [0.1, 0.15) is 23.0 Å². The lowest BCUT2D eigenvalue weighted by Gasteiger charge is -2.11. The van der Waals surface area contributed by atoms with E-state index in [1.807, 2.05) is 0 Å². The maximum absolute atomic E-state index is 12.4. The molecule has 0 atom stereocenters. The zero-order valence-corrected chi connectivity index (χ0v) is 16.5. The van der Waals surface area contributed by atoms with E-state index in [1.54, 1.807) is 49.4 Å². The van der Waals surface area contributed by atoms with Crippen molar-refractivity contribution in [3.05, 3.63) is 68.8 Å². The van der Waals surface area contributed by atoms with Gasteiger partial charge in [0.2, 0.25) is 0 Å². The van der Waals surface area contributed by atoms with Gasteiger partial charge in [-0.25, -0.2) is 9.48 Å². The Bertz CT molecular complexity index is 985. The van der Waals surface area contributed by atoms with Crippen molar-refractivity contribution in [2.24, 2.45) is 0 Å². The Labute approximate surface area is 171 Å². The lowest BCUT2D eigenvalue weighted by Crippen LogP contribution is -2.08. The first kappa shape index (κ1) is 19.7. The van der Waals surface area contributed by atoms with Crippen molar-refractivity contribution < 1.29 is 14.6 Å². The van der Waals surface area contributed by atoms with Crippen molar-refractivity contribution in [3.8, 4) is 16.9 Å². The predicted octanol–water partition coefficient (Wildman–Crippen LogP) is 5.17. The maximum Gasteiger partial charge on any atom is 0.359 e. The number of hydrogen-bond donors (Lipinski definition) is 1. The van der Waals surface area contributed by atoms with Gasteiger partial charge in [-0.15, -0.1) is 0 Å². The molecule has 0 aliphatic carbocycles. The second kappa shape index (κ2) is 8.31. The minimum atomic E-state index is -0.624. The van der Waals surface area contributed by atoms with Gasteiger partial charge < -0.3 is 9.84 Å². The average molecular weight is 426 g/mol. The number of ether oxygens (including phenoxy) is 1. The standard InChI is InChI=1S/C19H15Cl3N2O3/c1-2-27-19(26)17-14(10-25)18(11-3-5-12(20)6-4-11)24(23-17)16-8-7-13(21)9-15(16)22/h3-9,25H,2,10H2,1H3. The molecule has 0 amide bonds. The molecule has 0 fully saturated rings. The minimum absolute atomic E-state index is 0.0234. The number of benzene rings is 2. The van der Waals surface area contributed by atoms with E-state index in [0.29, 0.717) is 37.6 Å². The zero-order chi connectivity index (χ0) is 19.6. The third-order valence-corrected chi connectivity index (χ3v) is 4.66. The van der Waals surface area contributed by atoms with Gasteiger partial charge in [0.15, 0.2) is 5.69 Å². The normalized spacial score (nSPS) is 10.9. The van der Waals surface area contributed by atoms with Crippen molar-refractivity contribution in [3.63, 3.8) is 0 Å². The number of aromatic nitrogens is 2. The molecule has 0 unspecified atom stereocenters. The molecule has 3 rings (SSSR count). The number of aliphatic hydroxyl groups excluding tert-OH is 1. The summed E-state index contributed by atoms with van der Waals surface area (Å²) >= 11 is 18.3. The van der Waals surface area contributed by atoms with E-state index in [1.165, 1.54) is 4.68 Å². The number of carbonyl (C=O) groups is 1. The highest BCUT2D eigenvalue weighted by atomic mass is 35.5. The lowest BCUT2D eigenvalue weighted by atomic mass is 10.1. The molecule has 0 saturated heterocycles. The molecule has 0 aliphatic rings. The van der Waals surface area contributed by atoms with E-state index in [-0.39, 0.29) is 12.3 Å². The molecule has 1 heterocycles. The summed E-state index contributed by atoms with van der Waals surface area (Å²) in [4.78, 5) is 12.4. The summed E-state index contributed by atoms with van der Waals surface area (Å²) in [6.45, 7) is 1.48. The zero-order valence-electron chi connectivity index (χ0n) is 14.2. The van der Waals surface area contributed by atoms with Gasteiger partial charge >= 0.3 is 5.97 Å². The number of esters is 1. The van der Waals surface area contributed by atoms with Crippen LogP contribution < -0.4 is 0 Å². The van der Waals surface area contributed by atoms with Gasteiger partial charge in [-0.3, -0.25) is 0 Å². The van der Waals surface area contributed by atoms with E-state index >= 15 is 0 Å². The number of rotatable bonds is 5. The van der Waals surface area contributed by atoms with Crippen LogP contribution in [0.4, 0.5) is 0 Å². The largest absolute Gasteiger partial charge is 0.461 e. The van der Waals surface area contributed by atoms with Gasteiger partial charge in [-0.05, 0) is 37.3 Å². The Morgan fingerprint density at radius 3 is 2.37 bits per heavy atom. The summed E-state index contributed by atoms with van der Waals surface area (Å²) < 4.78 is 6.58. The van der Waals surface area contributed by atoms with Crippen LogP contribution in [0.15, 0.2) is 42.5 Å². The summed E-state index contributed by atoms with van der Waals surface area (Å²) in [5, 5.41) is 15.7. The predicted molar refractivity (Wildman–Crippen MR) is 106 cm³/mol. The molecule has 0 bridgehead atoms. The first-order chi connectivity index (χ1) is 13.0. The molecule has 140 valence electrons. The van der Waals surface area contributed by atoms with Gasteiger partial charge in [0.05, 0.1) is 29.6 Å². The SMILES string of the molecule is CCOC(=O)c1nn(-c2ccc(Cl)cc2Cl)c(-c2ccc(Cl)cc2)c1CO. The molecule has 1 aromatic heterocycles. The molecular formula is C19H15Cl3N2O3. The fraction of sp³-hybridized carbons (Fsp3) is 0.158. The second-order valence-corrected chi connectivity index (χ2v) is 6.85. The highest BCUT2D eigenvalue weighted by Gasteiger charge is 2.26. The van der Waals surface area contributed by atoms with Gasteiger partial charge in [-0.2, -0.15) is 5.10 Å². The molecule has 0 spiro atoms. The van der Waals surface area contributed by atoms with Gasteiger partial charge in [-0.1, -0.05) is 46.9 Å². The Morgan fingerprint density at radius 2 is 1.78 bits per heavy atom. The van der Waals surface area contributed by atoms with Crippen LogP contribution in [0.5, 0.6) is 0 Å². The van der Waals surface area contributed by atoms with Crippen LogP contribution in [0, 0.1) is 0 Å². The summed E-state index contributed by atoms with van der Waals surface area (Å²) in [7, 11) is 0. The highest BCUT2D eigenvalue weighted by Crippen LogP contribution is 2.33. The van der Waals surface area contributed by atoms with E-state index in [2.05, 4.69) is 5.10 Å². The fourth-order valence-electron chi connectivity index (χ4n) is 2.70. The minimum Gasteiger partial charge on any atom is -0.461 e. The Morgan fingerprint density at radius 1 is 1.11 bits per heavy atom. The third-order valence-electron chi connectivity index (χ3n) is 3.87. The second-order valence-electron chi connectivity index (χ2n) is 5.57. The van der Waals surface area contributed by atoms with Gasteiger partial charge in [0, 0.05) is 21.2 Å². The summed E-state index contributed by atoms with van der Waals surface area (Å²) in [6.07, 6.45) is 0. The smallest absolute Gasteiger partial charge is 0.359 e. The first-order valence-electron chi connectivity index (χ1n) is 8.07. The number of nitrogens with zero attached hydrogens (tertiary/aromatic N) is 2. The summed E-state index contributed by atoms with van der Waals surface area (Å²) in [5.41, 5.74) is 2.09. The van der Waals surface area contributed by atoms with Crippen LogP contribution in [0.25, 0.3) is 16.9 Å². The number of aliphatic hydroxyl groups is 1. The molecule has 0 aliphatic heterocycles. The number of hydrogen-bond acceptors (Lipinski definition) is 4. The fourth-order valence-corrected chi connectivity index (χ4v) is 3.31. The highest BCUT2D eigenvalue weighted by molar-refractivity contribution is 6.35. The topological polar surface area (TPSA) is 64.3 Å². The first-order valence-corrected chi connectivity index (χ1v) is 9.20. The number of carbonyl (C=O) groups excluding carboxylic acids is 1. The summed E-state index contributed by atoms with van der Waals surface area (Å²) in [5.74, 6) is -0.624. The van der Waals surface area contributed by atoms with E-state index in [0.717, 1.165) is 0 Å². The van der Waals surface area contributed by atoms with Crippen molar-refractivity contribution >= 4 is 40.8 Å². The third kappa shape index (κ3) is 3.96. The van der Waals surface area contributed by atoms with Crippen molar-refractivity contribution in [2.75, 3.05) is 6.61 Å². The molecule has 3 aromatic rings. The van der Waals surface area contributed by atoms with Crippen LogP contribution in [0.3, 0.4) is 0 Å². The monoisotopic (exact) mass is 424 g/mol. The average Bonchev–Trinajstić information content (AvgIpc) is 3.02. The van der Waals surface area contributed by atoms with E-state index in [4.69, 9.17) is 39.5 Å². The van der Waals surface area contributed by atoms with Crippen LogP contribution in [0.2, 0.25) is 15.1 Å². The van der Waals surface area contributed by atoms with Crippen LogP contribution in [-0.2, 0) is 11.3 Å². The van der Waals surface area contributed by atoms with Crippen LogP contribution in [-0.4, -0.2) is 27.5 Å². The van der Waals surface area contributed by atoms with Crippen molar-refractivity contribution in [2.45, 2.75) is 13.5 Å². The molecular weight excluding hydrogens is 411 g/mol. The van der Waals surface area contributed by atoms with E-state index < -0.39 is 12.6 Å². The Hall–Kier alpha value is -2.05. The molecule has 2 aromatic carbocycles. The van der Waals surface area contributed by atoms with E-state index in [9.17, 15) is 9.90 Å². The molecule has 0 radical (unpaired) electrons. The molecule has 5 nitrogen and oxygen atoms in total. The number of halogens is 3. The Kier molecular flexibility index (Phi) is 6.07. The van der Waals surface area contributed by atoms with Gasteiger partial charge in [0.1, 0.15) is 0 Å². The van der Waals surface area contributed by atoms with Crippen molar-refractivity contribution in [1.29, 1.82) is 0 Å². The molecule has 0 saturated carbocycles. The van der Waals surface area contributed by atoms with Crippen molar-refractivity contribution in [1.82, 2.24) is 9.78 Å². The quantitative estimate of drug-likeness (QED) is 0.573. The Balaban J connectivity index is 2.30. The molecule has 27 heavy (non-hydrogen) atoms. The lowest BCUT2D eigenvalue weighted by molar-refractivity contribution is 0.0515.